The van der Waals surface area contributed by atoms with E-state index in [1.807, 2.05) is 13.8 Å². The SMILES string of the molecule is CC(O)CN(C(=O)CCC1CCCO1)C(C)C. The predicted octanol–water partition coefficient (Wildman–Crippen LogP) is 1.56. The van der Waals surface area contributed by atoms with E-state index in [0.29, 0.717) is 13.0 Å². The van der Waals surface area contributed by atoms with Gasteiger partial charge >= 0.3 is 0 Å². The smallest absolute Gasteiger partial charge is 0.222 e. The molecular weight excluding hydrogens is 218 g/mol. The van der Waals surface area contributed by atoms with Crippen molar-refractivity contribution in [3.63, 3.8) is 0 Å². The largest absolute Gasteiger partial charge is 0.392 e. The van der Waals surface area contributed by atoms with Crippen molar-refractivity contribution in [1.82, 2.24) is 4.90 Å². The van der Waals surface area contributed by atoms with Crippen LogP contribution in [0.2, 0.25) is 0 Å². The third-order valence-electron chi connectivity index (χ3n) is 3.11. The molecule has 1 aliphatic heterocycles. The van der Waals surface area contributed by atoms with Crippen LogP contribution in [0.15, 0.2) is 0 Å². The zero-order chi connectivity index (χ0) is 12.8. The topological polar surface area (TPSA) is 49.8 Å². The standard InChI is InChI=1S/C13H25NO3/c1-10(2)14(9-11(3)15)13(16)7-6-12-5-4-8-17-12/h10-12,15H,4-9H2,1-3H3. The number of rotatable bonds is 6. The molecule has 2 unspecified atom stereocenters. The van der Waals surface area contributed by atoms with E-state index in [9.17, 15) is 9.90 Å². The fourth-order valence-corrected chi connectivity index (χ4v) is 2.19. The lowest BCUT2D eigenvalue weighted by Gasteiger charge is -2.28. The number of aliphatic hydroxyl groups excluding tert-OH is 1. The molecule has 0 aromatic carbocycles. The Kier molecular flexibility index (Phi) is 5.92. The minimum absolute atomic E-state index is 0.122. The maximum absolute atomic E-state index is 12.0. The zero-order valence-corrected chi connectivity index (χ0v) is 11.2. The highest BCUT2D eigenvalue weighted by molar-refractivity contribution is 5.76. The number of carbonyl (C=O) groups excluding carboxylic acids is 1. The summed E-state index contributed by atoms with van der Waals surface area (Å²) < 4.78 is 5.50. The monoisotopic (exact) mass is 243 g/mol. The minimum Gasteiger partial charge on any atom is -0.392 e. The van der Waals surface area contributed by atoms with E-state index in [0.717, 1.165) is 25.9 Å². The fraction of sp³-hybridized carbons (Fsp3) is 0.923. The van der Waals surface area contributed by atoms with Crippen LogP contribution in [0, 0.1) is 0 Å². The lowest BCUT2D eigenvalue weighted by molar-refractivity contribution is -0.135. The number of ether oxygens (including phenoxy) is 1. The molecule has 1 amide bonds. The molecule has 0 aromatic rings. The van der Waals surface area contributed by atoms with Crippen LogP contribution in [0.5, 0.6) is 0 Å². The minimum atomic E-state index is -0.468. The van der Waals surface area contributed by atoms with Crippen LogP contribution in [0.3, 0.4) is 0 Å². The Labute approximate surface area is 104 Å². The number of aliphatic hydroxyl groups is 1. The maximum atomic E-state index is 12.0. The van der Waals surface area contributed by atoms with Crippen molar-refractivity contribution in [2.75, 3.05) is 13.2 Å². The third kappa shape index (κ3) is 5.04. The Morgan fingerprint density at radius 1 is 1.47 bits per heavy atom. The second-order valence-electron chi connectivity index (χ2n) is 5.16. The first-order chi connectivity index (χ1) is 8.00. The summed E-state index contributed by atoms with van der Waals surface area (Å²) in [7, 11) is 0. The Balaban J connectivity index is 2.35. The molecular formula is C13H25NO3. The van der Waals surface area contributed by atoms with Crippen LogP contribution in [-0.4, -0.2) is 47.3 Å². The quantitative estimate of drug-likeness (QED) is 0.770. The number of amides is 1. The molecule has 1 fully saturated rings. The summed E-state index contributed by atoms with van der Waals surface area (Å²) in [6, 6.07) is 0.140. The molecule has 1 rings (SSSR count). The van der Waals surface area contributed by atoms with Crippen LogP contribution in [-0.2, 0) is 9.53 Å². The van der Waals surface area contributed by atoms with Gasteiger partial charge in [0.25, 0.3) is 0 Å². The van der Waals surface area contributed by atoms with Crippen molar-refractivity contribution >= 4 is 5.91 Å². The van der Waals surface area contributed by atoms with Crippen molar-refractivity contribution in [2.24, 2.45) is 0 Å². The van der Waals surface area contributed by atoms with E-state index < -0.39 is 6.10 Å². The molecule has 1 saturated heterocycles. The lowest BCUT2D eigenvalue weighted by atomic mass is 10.1. The molecule has 0 spiro atoms. The summed E-state index contributed by atoms with van der Waals surface area (Å²) in [6.07, 6.45) is 3.31. The van der Waals surface area contributed by atoms with Gasteiger partial charge in [-0.3, -0.25) is 4.79 Å². The predicted molar refractivity (Wildman–Crippen MR) is 66.7 cm³/mol. The molecule has 1 N–H and O–H groups in total. The van der Waals surface area contributed by atoms with Crippen LogP contribution in [0.25, 0.3) is 0 Å². The number of carbonyl (C=O) groups is 1. The van der Waals surface area contributed by atoms with Crippen LogP contribution in [0.4, 0.5) is 0 Å². The summed E-state index contributed by atoms with van der Waals surface area (Å²) in [5.74, 6) is 0.122. The highest BCUT2D eigenvalue weighted by Crippen LogP contribution is 2.17. The second kappa shape index (κ2) is 6.97. The zero-order valence-electron chi connectivity index (χ0n) is 11.2. The first-order valence-corrected chi connectivity index (χ1v) is 6.60. The van der Waals surface area contributed by atoms with E-state index in [2.05, 4.69) is 0 Å². The first-order valence-electron chi connectivity index (χ1n) is 6.60. The maximum Gasteiger partial charge on any atom is 0.222 e. The highest BCUT2D eigenvalue weighted by Gasteiger charge is 2.21. The van der Waals surface area contributed by atoms with Crippen molar-refractivity contribution in [2.45, 2.75) is 64.7 Å². The van der Waals surface area contributed by atoms with E-state index in [4.69, 9.17) is 4.74 Å². The van der Waals surface area contributed by atoms with Crippen LogP contribution in [0.1, 0.15) is 46.5 Å². The van der Waals surface area contributed by atoms with Gasteiger partial charge in [0.15, 0.2) is 0 Å². The molecule has 0 radical (unpaired) electrons. The molecule has 17 heavy (non-hydrogen) atoms. The van der Waals surface area contributed by atoms with Gasteiger partial charge in [-0.1, -0.05) is 0 Å². The molecule has 0 aromatic heterocycles. The van der Waals surface area contributed by atoms with Crippen molar-refractivity contribution in [3.8, 4) is 0 Å². The van der Waals surface area contributed by atoms with Gasteiger partial charge in [-0.25, -0.2) is 0 Å². The van der Waals surface area contributed by atoms with Gasteiger partial charge in [-0.05, 0) is 40.0 Å². The Morgan fingerprint density at radius 3 is 2.65 bits per heavy atom. The van der Waals surface area contributed by atoms with Gasteiger partial charge in [-0.2, -0.15) is 0 Å². The lowest BCUT2D eigenvalue weighted by Crippen LogP contribution is -2.41. The van der Waals surface area contributed by atoms with E-state index in [1.54, 1.807) is 11.8 Å². The fourth-order valence-electron chi connectivity index (χ4n) is 2.19. The normalized spacial score (nSPS) is 21.8. The molecule has 1 heterocycles. The van der Waals surface area contributed by atoms with Crippen molar-refractivity contribution in [3.05, 3.63) is 0 Å². The molecule has 0 saturated carbocycles. The molecule has 0 aliphatic carbocycles. The molecule has 100 valence electrons. The summed E-state index contributed by atoms with van der Waals surface area (Å²) in [5.41, 5.74) is 0. The second-order valence-corrected chi connectivity index (χ2v) is 5.16. The van der Waals surface area contributed by atoms with Gasteiger partial charge in [0, 0.05) is 25.6 Å². The number of hydrogen-bond acceptors (Lipinski definition) is 3. The molecule has 4 nitrogen and oxygen atoms in total. The average molecular weight is 243 g/mol. The van der Waals surface area contributed by atoms with Gasteiger partial charge < -0.3 is 14.7 Å². The van der Waals surface area contributed by atoms with Gasteiger partial charge in [0.2, 0.25) is 5.91 Å². The van der Waals surface area contributed by atoms with Gasteiger partial charge in [0.1, 0.15) is 0 Å². The summed E-state index contributed by atoms with van der Waals surface area (Å²) in [4.78, 5) is 13.8. The Hall–Kier alpha value is -0.610. The molecule has 0 bridgehead atoms. The Morgan fingerprint density at radius 2 is 2.18 bits per heavy atom. The molecule has 1 aliphatic rings. The van der Waals surface area contributed by atoms with E-state index in [-0.39, 0.29) is 18.1 Å². The summed E-state index contributed by atoms with van der Waals surface area (Å²) in [6.45, 7) is 6.92. The van der Waals surface area contributed by atoms with E-state index >= 15 is 0 Å². The number of nitrogens with zero attached hydrogens (tertiary/aromatic N) is 1. The third-order valence-corrected chi connectivity index (χ3v) is 3.11. The Bertz CT molecular complexity index is 235. The van der Waals surface area contributed by atoms with Crippen molar-refractivity contribution < 1.29 is 14.6 Å². The molecule has 4 heteroatoms. The van der Waals surface area contributed by atoms with Crippen LogP contribution < -0.4 is 0 Å². The first kappa shape index (κ1) is 14.5. The van der Waals surface area contributed by atoms with Gasteiger partial charge in [0.05, 0.1) is 12.2 Å². The highest BCUT2D eigenvalue weighted by atomic mass is 16.5. The number of hydrogen-bond donors (Lipinski definition) is 1. The summed E-state index contributed by atoms with van der Waals surface area (Å²) >= 11 is 0. The van der Waals surface area contributed by atoms with Gasteiger partial charge in [-0.15, -0.1) is 0 Å². The summed E-state index contributed by atoms with van der Waals surface area (Å²) in [5, 5.41) is 9.38. The van der Waals surface area contributed by atoms with Crippen molar-refractivity contribution in [1.29, 1.82) is 0 Å². The average Bonchev–Trinajstić information content (AvgIpc) is 2.74. The van der Waals surface area contributed by atoms with E-state index in [1.165, 1.54) is 0 Å². The molecule has 2 atom stereocenters. The van der Waals surface area contributed by atoms with Crippen LogP contribution >= 0.6 is 0 Å².